The normalized spacial score (nSPS) is 45.6. The van der Waals surface area contributed by atoms with Gasteiger partial charge in [-0.25, -0.2) is 9.59 Å². The molecule has 13 rings (SSSR count). The zero-order chi connectivity index (χ0) is 80.2. The molecule has 37 nitrogen and oxygen atoms in total. The zero-order valence-corrected chi connectivity index (χ0v) is 65.3. The number of rotatable bonds is 20. The summed E-state index contributed by atoms with van der Waals surface area (Å²) in [5.74, 6) is -8.52. The topological polar surface area (TPSA) is 456 Å². The number of phenolic OH excluding ortho intramolecular Hbond substituents is 3. The summed E-state index contributed by atoms with van der Waals surface area (Å²) in [5.41, 5.74) is -2.71. The third kappa shape index (κ3) is 15.7. The maximum atomic E-state index is 14.5. The number of amides is 1. The van der Waals surface area contributed by atoms with E-state index in [1.54, 1.807) is 41.5 Å². The van der Waals surface area contributed by atoms with E-state index >= 15 is 0 Å². The molecule has 11 aliphatic rings. The van der Waals surface area contributed by atoms with E-state index in [9.17, 15) is 55.2 Å². The van der Waals surface area contributed by atoms with Gasteiger partial charge in [-0.1, -0.05) is 23.2 Å². The van der Waals surface area contributed by atoms with Crippen molar-refractivity contribution in [3.05, 3.63) is 44.4 Å². The van der Waals surface area contributed by atoms with Gasteiger partial charge in [-0.15, -0.1) is 0 Å². The number of aryl methyl sites for hydroxylation is 1. The first-order chi connectivity index (χ1) is 52.6. The summed E-state index contributed by atoms with van der Waals surface area (Å²) in [5, 5.41) is 95.1. The standard InChI is InChI=1S/C72H101Cl2NO36/c1-25-16-33(77)17-34(78)42(25)63(85)101-39-23-95-72(62-55(39)93-24-94-62)108-40-22-92-65(49(82)54(40)109-72)106-67-58(90-14)48(81)53(38(102-67)21-87-11)104-66-50(83)57(52(88-12)29(5)98-66)105-68-59(84)70(10)61(31(7)99-68)110-71(111-70)19-35(79)44(27(3)107-71)36-18-37(100-41-20-69(9,75-32(8)76)60(91-15)30(6)97-41)51(28(4)96-36)103-64(86)43-26(2)45(73)47(80)46(74)56(43)89-13/h16-17,27-31,35-41,44,48-55,57-62,65-68,77-84H,18-24H2,1-15H3,(H,75,76)/t27-,28-,29-,30+,31-,35-,36-,37-,38-,39-,40+,41+,44-,48+,49-,50-,51-,52+,53-,54-,55+,57-,58+,59-,60+,61-,62-,65+,66+,67+,68+,69-,70-,71-,72-/m1/s1. The van der Waals surface area contributed by atoms with Gasteiger partial charge in [0.1, 0.15) is 132 Å². The van der Waals surface area contributed by atoms with Gasteiger partial charge >= 0.3 is 17.9 Å². The highest BCUT2D eigenvalue weighted by atomic mass is 35.5. The van der Waals surface area contributed by atoms with Crippen LogP contribution in [0.1, 0.15) is 106 Å². The maximum Gasteiger partial charge on any atom is 0.342 e. The largest absolute Gasteiger partial charge is 0.508 e. The van der Waals surface area contributed by atoms with Gasteiger partial charge in [-0.2, -0.15) is 0 Å². The number of aliphatic hydroxyl groups excluding tert-OH is 5. The molecule has 2 spiro atoms. The lowest BCUT2D eigenvalue weighted by Crippen LogP contribution is -2.68. The maximum absolute atomic E-state index is 14.5. The van der Waals surface area contributed by atoms with E-state index in [1.807, 2.05) is 6.92 Å². The van der Waals surface area contributed by atoms with Crippen molar-refractivity contribution in [1.29, 1.82) is 0 Å². The summed E-state index contributed by atoms with van der Waals surface area (Å²) < 4.78 is 155. The number of hydrogen-bond acceptors (Lipinski definition) is 36. The molecule has 2 aromatic rings. The number of nitrogens with one attached hydrogen (secondary N) is 1. The summed E-state index contributed by atoms with van der Waals surface area (Å²) in [4.78, 5) is 40.5. The van der Waals surface area contributed by atoms with Crippen LogP contribution in [0.5, 0.6) is 23.0 Å². The highest BCUT2D eigenvalue weighted by Gasteiger charge is 2.70. The molecule has 0 aliphatic carbocycles. The lowest BCUT2D eigenvalue weighted by Gasteiger charge is -2.51. The molecule has 624 valence electrons. The molecule has 39 heteroatoms. The van der Waals surface area contributed by atoms with Crippen molar-refractivity contribution in [3.63, 3.8) is 0 Å². The number of fused-ring (bicyclic) bond motifs is 4. The van der Waals surface area contributed by atoms with Crippen LogP contribution in [0.15, 0.2) is 12.1 Å². The number of carbonyl (C=O) groups excluding carboxylic acids is 3. The van der Waals surface area contributed by atoms with Gasteiger partial charge in [-0.05, 0) is 79.5 Å². The monoisotopic (exact) mass is 1630 g/mol. The number of benzene rings is 2. The lowest BCUT2D eigenvalue weighted by molar-refractivity contribution is -0.407. The van der Waals surface area contributed by atoms with Crippen molar-refractivity contribution < 1.29 is 174 Å². The highest BCUT2D eigenvalue weighted by molar-refractivity contribution is 6.39. The Balaban J connectivity index is 0.657. The molecule has 35 atom stereocenters. The Morgan fingerprint density at radius 1 is 0.613 bits per heavy atom. The number of phenols is 3. The molecule has 0 saturated carbocycles. The average Bonchev–Trinajstić information content (AvgIpc) is 1.56. The molecule has 11 aliphatic heterocycles. The number of carbonyl (C=O) groups is 3. The zero-order valence-electron chi connectivity index (χ0n) is 63.8. The number of aliphatic hydroxyl groups is 5. The van der Waals surface area contributed by atoms with E-state index in [4.69, 9.17) is 142 Å². The van der Waals surface area contributed by atoms with Crippen molar-refractivity contribution in [1.82, 2.24) is 5.32 Å². The predicted molar refractivity (Wildman–Crippen MR) is 368 cm³/mol. The minimum absolute atomic E-state index is 0.0450. The van der Waals surface area contributed by atoms with Crippen LogP contribution in [0.2, 0.25) is 10.0 Å². The first-order valence-electron chi connectivity index (χ1n) is 36.8. The molecule has 111 heavy (non-hydrogen) atoms. The molecule has 11 fully saturated rings. The van der Waals surface area contributed by atoms with Gasteiger partial charge < -0.3 is 165 Å². The number of halogens is 2. The predicted octanol–water partition coefficient (Wildman–Crippen LogP) is 1.40. The van der Waals surface area contributed by atoms with E-state index in [2.05, 4.69) is 5.32 Å². The number of ether oxygens (including phenoxy) is 25. The highest BCUT2D eigenvalue weighted by Crippen LogP contribution is 2.54. The van der Waals surface area contributed by atoms with Gasteiger partial charge in [0.15, 0.2) is 61.3 Å². The summed E-state index contributed by atoms with van der Waals surface area (Å²) >= 11 is 12.9. The van der Waals surface area contributed by atoms with Gasteiger partial charge in [0.2, 0.25) is 5.91 Å². The van der Waals surface area contributed by atoms with Crippen molar-refractivity contribution in [2.75, 3.05) is 62.2 Å². The van der Waals surface area contributed by atoms with Crippen LogP contribution < -0.4 is 10.1 Å². The van der Waals surface area contributed by atoms with Gasteiger partial charge in [0.05, 0.1) is 86.6 Å². The summed E-state index contributed by atoms with van der Waals surface area (Å²) in [6, 6.07) is 2.29. The van der Waals surface area contributed by atoms with Crippen molar-refractivity contribution >= 4 is 41.0 Å². The SMILES string of the molecule is COC[C@H]1O[C@@H](O[C@@H]2OC[C@@H]3O[C@@]4(OC[C@@H](OC(=O)c5c(C)cc(O)cc5O)[C@@H]5OCO[C@H]54)O[C@H]3[C@H]2O)[C@@H](OC)[C@@H](O)[C@@H]1O[C@@H]1O[C@H](C)[C@H](OC)[C@H](O[C@@H]2O[C@H](C)[C@H]3O[C@]4(C[C@@H](O)[C@H]([C@H]5C[C@@H](O[C@H]6C[C@@](C)(NC(C)=O)[C@@H](OC)[C@H](C)O6)[C@H](OC(=O)c6c(C)c(Cl)c(O)c(Cl)c6OC)[C@@H](C)O5)[C@@H](C)O4)O[C@]3(C)[C@@H]2O)[C@H]1O. The smallest absolute Gasteiger partial charge is 0.342 e. The van der Waals surface area contributed by atoms with E-state index in [0.29, 0.717) is 0 Å². The molecular formula is C72H101Cl2NO36. The molecule has 0 radical (unpaired) electrons. The second-order valence-electron chi connectivity index (χ2n) is 30.4. The second-order valence-corrected chi connectivity index (χ2v) is 31.2. The van der Waals surface area contributed by atoms with Crippen LogP contribution in [0.25, 0.3) is 0 Å². The molecule has 0 unspecified atom stereocenters. The Kier molecular flexibility index (Phi) is 25.2. The van der Waals surface area contributed by atoms with Crippen LogP contribution in [0, 0.1) is 19.8 Å². The average molecular weight is 1630 g/mol. The lowest BCUT2D eigenvalue weighted by atomic mass is 9.81. The molecule has 1 amide bonds. The van der Waals surface area contributed by atoms with Gasteiger partial charge in [0.25, 0.3) is 5.97 Å². The van der Waals surface area contributed by atoms with Gasteiger partial charge in [0, 0.05) is 60.2 Å². The van der Waals surface area contributed by atoms with Crippen molar-refractivity contribution in [2.45, 2.75) is 296 Å². The van der Waals surface area contributed by atoms with Crippen LogP contribution >= 0.6 is 23.2 Å². The second kappa shape index (κ2) is 33.2. The summed E-state index contributed by atoms with van der Waals surface area (Å²) in [7, 11) is 6.76. The quantitative estimate of drug-likeness (QED) is 0.0846. The molecular weight excluding hydrogens is 1530 g/mol. The van der Waals surface area contributed by atoms with E-state index in [0.717, 1.165) is 6.07 Å². The number of aromatic hydroxyl groups is 3. The van der Waals surface area contributed by atoms with E-state index in [1.165, 1.54) is 62.4 Å². The molecule has 9 N–H and O–H groups in total. The fraction of sp³-hybridized carbons (Fsp3) is 0.792. The van der Waals surface area contributed by atoms with Crippen LogP contribution in [-0.4, -0.2) is 328 Å². The summed E-state index contributed by atoms with van der Waals surface area (Å²) in [6.07, 6.45) is -36.9. The Morgan fingerprint density at radius 2 is 1.32 bits per heavy atom. The Labute approximate surface area is 648 Å². The van der Waals surface area contributed by atoms with E-state index in [-0.39, 0.29) is 95.6 Å². The fourth-order valence-corrected chi connectivity index (χ4v) is 18.3. The first-order valence-corrected chi connectivity index (χ1v) is 37.6. The van der Waals surface area contributed by atoms with Crippen molar-refractivity contribution in [2.24, 2.45) is 5.92 Å². The number of esters is 2. The molecule has 11 heterocycles. The Hall–Kier alpha value is -4.45. The first kappa shape index (κ1) is 84.5. The van der Waals surface area contributed by atoms with Crippen LogP contribution in [0.4, 0.5) is 0 Å². The Bertz CT molecular complexity index is 3630. The third-order valence-electron chi connectivity index (χ3n) is 22.9. The number of hydrogen-bond donors (Lipinski definition) is 9. The number of methoxy groups -OCH3 is 5. The molecule has 0 bridgehead atoms. The summed E-state index contributed by atoms with van der Waals surface area (Å²) in [6.45, 7) is 15.0. The van der Waals surface area contributed by atoms with Gasteiger partial charge in [-0.3, -0.25) is 4.79 Å². The molecule has 11 saturated heterocycles. The minimum Gasteiger partial charge on any atom is -0.508 e. The van der Waals surface area contributed by atoms with Crippen molar-refractivity contribution in [3.8, 4) is 23.0 Å². The van der Waals surface area contributed by atoms with E-state index < -0.39 is 236 Å². The van der Waals surface area contributed by atoms with Crippen LogP contribution in [0.3, 0.4) is 0 Å². The third-order valence-corrected chi connectivity index (χ3v) is 23.7. The minimum atomic E-state index is -2.02. The molecule has 2 aromatic carbocycles. The molecule has 0 aromatic heterocycles. The van der Waals surface area contributed by atoms with Crippen LogP contribution in [-0.2, 0) is 118 Å². The fourth-order valence-electron chi connectivity index (χ4n) is 17.8. The Morgan fingerprint density at radius 3 is 1.99 bits per heavy atom.